The molecule has 1 aromatic heterocycles. The van der Waals surface area contributed by atoms with Crippen LogP contribution in [-0.4, -0.2) is 6.04 Å². The van der Waals surface area contributed by atoms with Gasteiger partial charge in [0.25, 0.3) is 0 Å². The van der Waals surface area contributed by atoms with Crippen LogP contribution in [-0.2, 0) is 0 Å². The van der Waals surface area contributed by atoms with E-state index < -0.39 is 0 Å². The Morgan fingerprint density at radius 2 is 2.00 bits per heavy atom. The van der Waals surface area contributed by atoms with E-state index in [0.29, 0.717) is 0 Å². The number of anilines is 1. The van der Waals surface area contributed by atoms with Gasteiger partial charge in [-0.2, -0.15) is 0 Å². The van der Waals surface area contributed by atoms with Gasteiger partial charge in [0.2, 0.25) is 0 Å². The van der Waals surface area contributed by atoms with E-state index in [0.717, 1.165) is 17.2 Å². The first-order valence-corrected chi connectivity index (χ1v) is 5.40. The van der Waals surface area contributed by atoms with Gasteiger partial charge in [0.1, 0.15) is 11.5 Å². The van der Waals surface area contributed by atoms with Crippen LogP contribution < -0.4 is 10.1 Å². The molecule has 3 rings (SSSR count). The molecule has 1 aliphatic rings. The van der Waals surface area contributed by atoms with E-state index in [-0.39, 0.29) is 12.1 Å². The Morgan fingerprint density at radius 1 is 1.12 bits per heavy atom. The van der Waals surface area contributed by atoms with E-state index in [2.05, 4.69) is 12.2 Å². The lowest BCUT2D eigenvalue weighted by Gasteiger charge is -2.31. The van der Waals surface area contributed by atoms with Crippen LogP contribution in [0.1, 0.15) is 18.8 Å². The molecule has 0 saturated carbocycles. The molecule has 2 heterocycles. The minimum Gasteiger partial charge on any atom is -0.478 e. The quantitative estimate of drug-likeness (QED) is 0.793. The lowest BCUT2D eigenvalue weighted by Crippen LogP contribution is -2.32. The normalized spacial score (nSPS) is 23.1. The summed E-state index contributed by atoms with van der Waals surface area (Å²) in [5.74, 6) is 1.73. The zero-order chi connectivity index (χ0) is 11.0. The summed E-state index contributed by atoms with van der Waals surface area (Å²) in [4.78, 5) is 0. The van der Waals surface area contributed by atoms with Gasteiger partial charge >= 0.3 is 0 Å². The summed E-state index contributed by atoms with van der Waals surface area (Å²) in [5.41, 5.74) is 1.04. The Bertz CT molecular complexity index is 478. The molecule has 0 fully saturated rings. The van der Waals surface area contributed by atoms with Crippen LogP contribution in [0.4, 0.5) is 5.69 Å². The van der Waals surface area contributed by atoms with Crippen LogP contribution in [0.2, 0.25) is 0 Å². The summed E-state index contributed by atoms with van der Waals surface area (Å²) in [6, 6.07) is 12.0. The molecular formula is C13H13NO2. The van der Waals surface area contributed by atoms with Gasteiger partial charge in [-0.1, -0.05) is 12.1 Å². The number of nitrogens with one attached hydrogen (secondary N) is 1. The molecule has 16 heavy (non-hydrogen) atoms. The van der Waals surface area contributed by atoms with Crippen molar-refractivity contribution in [3.8, 4) is 5.75 Å². The zero-order valence-electron chi connectivity index (χ0n) is 9.01. The Morgan fingerprint density at radius 3 is 2.81 bits per heavy atom. The molecule has 1 aromatic carbocycles. The molecule has 0 aliphatic carbocycles. The van der Waals surface area contributed by atoms with Crippen LogP contribution in [0, 0.1) is 0 Å². The van der Waals surface area contributed by atoms with Gasteiger partial charge in [-0.05, 0) is 31.2 Å². The predicted molar refractivity (Wildman–Crippen MR) is 61.6 cm³/mol. The average molecular weight is 215 g/mol. The number of hydrogen-bond acceptors (Lipinski definition) is 3. The monoisotopic (exact) mass is 215 g/mol. The predicted octanol–water partition coefficient (Wildman–Crippen LogP) is 3.21. The standard InChI is InChI=1S/C13H13NO2/c1-9-13(12-7-4-8-15-12)16-11-6-3-2-5-10(11)14-9/h2-9,13-14H,1H3. The second-order valence-corrected chi connectivity index (χ2v) is 3.98. The number of para-hydroxylation sites is 2. The lowest BCUT2D eigenvalue weighted by atomic mass is 10.1. The minimum absolute atomic E-state index is 0.0649. The smallest absolute Gasteiger partial charge is 0.176 e. The third kappa shape index (κ3) is 1.45. The molecular weight excluding hydrogens is 202 g/mol. The van der Waals surface area contributed by atoms with Gasteiger partial charge in [0.15, 0.2) is 6.10 Å². The van der Waals surface area contributed by atoms with Crippen molar-refractivity contribution in [2.45, 2.75) is 19.1 Å². The Hall–Kier alpha value is -1.90. The van der Waals surface area contributed by atoms with Crippen LogP contribution in [0.15, 0.2) is 47.1 Å². The summed E-state index contributed by atoms with van der Waals surface area (Å²) in [6.45, 7) is 2.09. The second kappa shape index (κ2) is 3.59. The first-order valence-electron chi connectivity index (χ1n) is 5.40. The van der Waals surface area contributed by atoms with Crippen LogP contribution in [0.25, 0.3) is 0 Å². The number of rotatable bonds is 1. The summed E-state index contributed by atoms with van der Waals surface area (Å²) in [6.07, 6.45) is 1.61. The van der Waals surface area contributed by atoms with Crippen molar-refractivity contribution in [3.63, 3.8) is 0 Å². The minimum atomic E-state index is -0.0649. The van der Waals surface area contributed by atoms with Crippen molar-refractivity contribution in [2.75, 3.05) is 5.32 Å². The van der Waals surface area contributed by atoms with Crippen LogP contribution >= 0.6 is 0 Å². The van der Waals surface area contributed by atoms with Crippen molar-refractivity contribution in [3.05, 3.63) is 48.4 Å². The highest BCUT2D eigenvalue weighted by atomic mass is 16.5. The van der Waals surface area contributed by atoms with E-state index >= 15 is 0 Å². The number of furan rings is 1. The maximum atomic E-state index is 5.93. The van der Waals surface area contributed by atoms with Crippen molar-refractivity contribution in [1.29, 1.82) is 0 Å². The van der Waals surface area contributed by atoms with E-state index in [1.54, 1.807) is 6.26 Å². The number of ether oxygens (including phenoxy) is 1. The van der Waals surface area contributed by atoms with Crippen LogP contribution in [0.5, 0.6) is 5.75 Å². The molecule has 1 aliphatic heterocycles. The summed E-state index contributed by atoms with van der Waals surface area (Å²) in [5, 5.41) is 3.41. The van der Waals surface area contributed by atoms with E-state index in [4.69, 9.17) is 9.15 Å². The molecule has 2 atom stereocenters. The summed E-state index contributed by atoms with van der Waals surface area (Å²) < 4.78 is 11.3. The molecule has 2 aromatic rings. The molecule has 0 radical (unpaired) electrons. The average Bonchev–Trinajstić information content (AvgIpc) is 2.81. The molecule has 0 spiro atoms. The molecule has 0 amide bonds. The Labute approximate surface area is 94.0 Å². The third-order valence-electron chi connectivity index (χ3n) is 2.80. The van der Waals surface area contributed by atoms with Crippen molar-refractivity contribution >= 4 is 5.69 Å². The van der Waals surface area contributed by atoms with Gasteiger partial charge in [0.05, 0.1) is 18.0 Å². The molecule has 0 bridgehead atoms. The SMILES string of the molecule is CC1Nc2ccccc2OC1c1ccco1. The van der Waals surface area contributed by atoms with Gasteiger partial charge in [-0.25, -0.2) is 0 Å². The number of hydrogen-bond donors (Lipinski definition) is 1. The number of benzene rings is 1. The molecule has 82 valence electrons. The first-order chi connectivity index (χ1) is 7.84. The zero-order valence-corrected chi connectivity index (χ0v) is 9.01. The summed E-state index contributed by atoms with van der Waals surface area (Å²) >= 11 is 0. The highest BCUT2D eigenvalue weighted by molar-refractivity contribution is 5.58. The fourth-order valence-electron chi connectivity index (χ4n) is 2.01. The molecule has 3 heteroatoms. The third-order valence-corrected chi connectivity index (χ3v) is 2.80. The Balaban J connectivity index is 1.95. The fraction of sp³-hybridized carbons (Fsp3) is 0.231. The Kier molecular flexibility index (Phi) is 2.10. The first kappa shape index (κ1) is 9.33. The lowest BCUT2D eigenvalue weighted by molar-refractivity contribution is 0.151. The highest BCUT2D eigenvalue weighted by Gasteiger charge is 2.29. The van der Waals surface area contributed by atoms with Gasteiger partial charge in [0, 0.05) is 0 Å². The summed E-state index contributed by atoms with van der Waals surface area (Å²) in [7, 11) is 0. The topological polar surface area (TPSA) is 34.4 Å². The van der Waals surface area contributed by atoms with E-state index in [1.807, 2.05) is 36.4 Å². The van der Waals surface area contributed by atoms with Crippen LogP contribution in [0.3, 0.4) is 0 Å². The van der Waals surface area contributed by atoms with Gasteiger partial charge < -0.3 is 14.5 Å². The second-order valence-electron chi connectivity index (χ2n) is 3.98. The van der Waals surface area contributed by atoms with Gasteiger partial charge in [-0.3, -0.25) is 0 Å². The fourth-order valence-corrected chi connectivity index (χ4v) is 2.01. The number of fused-ring (bicyclic) bond motifs is 1. The molecule has 1 N–H and O–H groups in total. The molecule has 2 unspecified atom stereocenters. The maximum Gasteiger partial charge on any atom is 0.176 e. The maximum absolute atomic E-state index is 5.93. The molecule has 0 saturated heterocycles. The largest absolute Gasteiger partial charge is 0.478 e. The molecule has 3 nitrogen and oxygen atoms in total. The van der Waals surface area contributed by atoms with Crippen molar-refractivity contribution < 1.29 is 9.15 Å². The van der Waals surface area contributed by atoms with E-state index in [9.17, 15) is 0 Å². The van der Waals surface area contributed by atoms with E-state index in [1.165, 1.54) is 0 Å². The highest BCUT2D eigenvalue weighted by Crippen LogP contribution is 2.36. The van der Waals surface area contributed by atoms with Gasteiger partial charge in [-0.15, -0.1) is 0 Å². The van der Waals surface area contributed by atoms with Crippen molar-refractivity contribution in [1.82, 2.24) is 0 Å². The van der Waals surface area contributed by atoms with Crippen molar-refractivity contribution in [2.24, 2.45) is 0 Å².